The number of nitrogens with zero attached hydrogens (tertiary/aromatic N) is 4. The Labute approximate surface area is 94.9 Å². The first-order valence-corrected chi connectivity index (χ1v) is 5.32. The number of nitrogens with two attached hydrogens (primary N) is 1. The van der Waals surface area contributed by atoms with Crippen molar-refractivity contribution in [2.24, 2.45) is 12.8 Å². The van der Waals surface area contributed by atoms with Gasteiger partial charge in [0.25, 0.3) is 0 Å². The van der Waals surface area contributed by atoms with E-state index in [9.17, 15) is 0 Å². The second-order valence-corrected chi connectivity index (χ2v) is 3.97. The third kappa shape index (κ3) is 1.74. The van der Waals surface area contributed by atoms with Gasteiger partial charge in [-0.15, -0.1) is 0 Å². The molecule has 2 heterocycles. The van der Waals surface area contributed by atoms with Crippen LogP contribution in [-0.2, 0) is 20.1 Å². The van der Waals surface area contributed by atoms with Gasteiger partial charge in [-0.1, -0.05) is 0 Å². The first-order chi connectivity index (χ1) is 7.63. The maximum absolute atomic E-state index is 5.69. The molecule has 0 aliphatic heterocycles. The zero-order valence-corrected chi connectivity index (χ0v) is 9.94. The molecule has 0 saturated heterocycles. The Balaban J connectivity index is 2.32. The Morgan fingerprint density at radius 2 is 2.12 bits per heavy atom. The van der Waals surface area contributed by atoms with Crippen molar-refractivity contribution in [3.05, 3.63) is 35.2 Å². The molecule has 0 saturated carbocycles. The fourth-order valence-electron chi connectivity index (χ4n) is 1.87. The van der Waals surface area contributed by atoms with Crippen LogP contribution in [0.15, 0.2) is 12.4 Å². The van der Waals surface area contributed by atoms with Gasteiger partial charge in [0, 0.05) is 37.2 Å². The topological polar surface area (TPSA) is 61.7 Å². The van der Waals surface area contributed by atoms with Gasteiger partial charge in [-0.2, -0.15) is 5.10 Å². The van der Waals surface area contributed by atoms with Gasteiger partial charge in [-0.3, -0.25) is 4.68 Å². The van der Waals surface area contributed by atoms with Crippen LogP contribution in [-0.4, -0.2) is 19.3 Å². The molecule has 0 atom stereocenters. The predicted molar refractivity (Wildman–Crippen MR) is 61.9 cm³/mol. The lowest BCUT2D eigenvalue weighted by Gasteiger charge is -2.05. The molecule has 2 aromatic heterocycles. The highest BCUT2D eigenvalue weighted by Gasteiger charge is 2.11. The zero-order chi connectivity index (χ0) is 11.7. The molecular weight excluding hydrogens is 202 g/mol. The van der Waals surface area contributed by atoms with E-state index in [1.54, 1.807) is 6.20 Å². The molecule has 0 spiro atoms. The first-order valence-electron chi connectivity index (χ1n) is 5.32. The van der Waals surface area contributed by atoms with Gasteiger partial charge < -0.3 is 10.3 Å². The van der Waals surface area contributed by atoms with Gasteiger partial charge in [-0.25, -0.2) is 4.98 Å². The van der Waals surface area contributed by atoms with Crippen LogP contribution in [0.1, 0.15) is 22.8 Å². The van der Waals surface area contributed by atoms with Crippen LogP contribution in [0.5, 0.6) is 0 Å². The van der Waals surface area contributed by atoms with Gasteiger partial charge in [-0.05, 0) is 13.8 Å². The van der Waals surface area contributed by atoms with E-state index in [4.69, 9.17) is 5.73 Å². The summed E-state index contributed by atoms with van der Waals surface area (Å²) in [5.74, 6) is 0.995. The molecule has 0 fully saturated rings. The van der Waals surface area contributed by atoms with Crippen LogP contribution in [0, 0.1) is 13.8 Å². The smallest absolute Gasteiger partial charge is 0.130 e. The fourth-order valence-corrected chi connectivity index (χ4v) is 1.87. The summed E-state index contributed by atoms with van der Waals surface area (Å²) in [6.45, 7) is 5.27. The monoisotopic (exact) mass is 219 g/mol. The Hall–Kier alpha value is -1.62. The van der Waals surface area contributed by atoms with E-state index in [1.165, 1.54) is 0 Å². The highest BCUT2D eigenvalue weighted by Crippen LogP contribution is 2.13. The van der Waals surface area contributed by atoms with E-state index in [1.807, 2.05) is 36.3 Å². The van der Waals surface area contributed by atoms with Crippen LogP contribution >= 0.6 is 0 Å². The van der Waals surface area contributed by atoms with Crippen molar-refractivity contribution >= 4 is 0 Å². The highest BCUT2D eigenvalue weighted by molar-refractivity contribution is 5.24. The van der Waals surface area contributed by atoms with Crippen molar-refractivity contribution in [2.45, 2.75) is 26.9 Å². The Morgan fingerprint density at radius 3 is 2.62 bits per heavy atom. The van der Waals surface area contributed by atoms with Gasteiger partial charge in [0.05, 0.1) is 12.2 Å². The van der Waals surface area contributed by atoms with Crippen molar-refractivity contribution in [1.82, 2.24) is 19.3 Å². The molecule has 0 unspecified atom stereocenters. The summed E-state index contributed by atoms with van der Waals surface area (Å²) in [6.07, 6.45) is 3.73. The number of aryl methyl sites for hydroxylation is 2. The molecule has 2 aromatic rings. The lowest BCUT2D eigenvalue weighted by molar-refractivity contribution is 0.611. The molecule has 5 heteroatoms. The van der Waals surface area contributed by atoms with Crippen LogP contribution in [0.3, 0.4) is 0 Å². The molecule has 0 aromatic carbocycles. The van der Waals surface area contributed by atoms with Crippen molar-refractivity contribution in [3.63, 3.8) is 0 Å². The molecule has 0 bridgehead atoms. The quantitative estimate of drug-likeness (QED) is 0.828. The standard InChI is InChI=1S/C11H17N5/c1-8-10(6-12)9(2)16(14-8)7-11-13-4-5-15(11)3/h4-5H,6-7,12H2,1-3H3. The lowest BCUT2D eigenvalue weighted by atomic mass is 10.2. The van der Waals surface area contributed by atoms with Gasteiger partial charge in [0.2, 0.25) is 0 Å². The Morgan fingerprint density at radius 1 is 1.38 bits per heavy atom. The minimum atomic E-state index is 0.540. The minimum Gasteiger partial charge on any atom is -0.336 e. The summed E-state index contributed by atoms with van der Waals surface area (Å²) in [5, 5.41) is 4.48. The van der Waals surface area contributed by atoms with Crippen LogP contribution in [0.4, 0.5) is 0 Å². The molecule has 86 valence electrons. The average molecular weight is 219 g/mol. The van der Waals surface area contributed by atoms with Gasteiger partial charge in [0.1, 0.15) is 5.82 Å². The van der Waals surface area contributed by atoms with E-state index >= 15 is 0 Å². The summed E-state index contributed by atoms with van der Waals surface area (Å²) >= 11 is 0. The SMILES string of the molecule is Cc1nn(Cc2nccn2C)c(C)c1CN. The van der Waals surface area contributed by atoms with E-state index in [0.717, 1.165) is 22.8 Å². The summed E-state index contributed by atoms with van der Waals surface area (Å²) in [7, 11) is 1.98. The van der Waals surface area contributed by atoms with Gasteiger partial charge in [0.15, 0.2) is 0 Å². The van der Waals surface area contributed by atoms with Crippen molar-refractivity contribution in [2.75, 3.05) is 0 Å². The molecule has 16 heavy (non-hydrogen) atoms. The second-order valence-electron chi connectivity index (χ2n) is 3.97. The van der Waals surface area contributed by atoms with E-state index in [0.29, 0.717) is 13.1 Å². The molecule has 2 N–H and O–H groups in total. The third-order valence-electron chi connectivity index (χ3n) is 2.95. The number of rotatable bonds is 3. The van der Waals surface area contributed by atoms with E-state index < -0.39 is 0 Å². The van der Waals surface area contributed by atoms with Crippen molar-refractivity contribution in [1.29, 1.82) is 0 Å². The number of hydrogen-bond donors (Lipinski definition) is 1. The highest BCUT2D eigenvalue weighted by atomic mass is 15.3. The lowest BCUT2D eigenvalue weighted by Crippen LogP contribution is -2.09. The normalized spacial score (nSPS) is 11.0. The minimum absolute atomic E-state index is 0.540. The summed E-state index contributed by atoms with van der Waals surface area (Å²) in [5.41, 5.74) is 8.96. The van der Waals surface area contributed by atoms with E-state index in [2.05, 4.69) is 10.1 Å². The Bertz CT molecular complexity index is 494. The fraction of sp³-hybridized carbons (Fsp3) is 0.455. The van der Waals surface area contributed by atoms with E-state index in [-0.39, 0.29) is 0 Å². The molecule has 2 rings (SSSR count). The average Bonchev–Trinajstić information content (AvgIpc) is 2.74. The van der Waals surface area contributed by atoms with Crippen molar-refractivity contribution in [3.8, 4) is 0 Å². The summed E-state index contributed by atoms with van der Waals surface area (Å²) in [6, 6.07) is 0. The summed E-state index contributed by atoms with van der Waals surface area (Å²) in [4.78, 5) is 4.29. The predicted octanol–water partition coefficient (Wildman–Crippen LogP) is 0.740. The largest absolute Gasteiger partial charge is 0.336 e. The van der Waals surface area contributed by atoms with Crippen LogP contribution in [0.2, 0.25) is 0 Å². The third-order valence-corrected chi connectivity index (χ3v) is 2.95. The van der Waals surface area contributed by atoms with Gasteiger partial charge >= 0.3 is 0 Å². The number of hydrogen-bond acceptors (Lipinski definition) is 3. The zero-order valence-electron chi connectivity index (χ0n) is 9.94. The maximum Gasteiger partial charge on any atom is 0.130 e. The molecule has 0 aliphatic carbocycles. The summed E-state index contributed by atoms with van der Waals surface area (Å²) < 4.78 is 3.96. The molecule has 0 radical (unpaired) electrons. The maximum atomic E-state index is 5.69. The number of aromatic nitrogens is 4. The molecule has 5 nitrogen and oxygen atoms in total. The van der Waals surface area contributed by atoms with Crippen LogP contribution in [0.25, 0.3) is 0 Å². The first kappa shape index (κ1) is 10.9. The molecule has 0 amide bonds. The van der Waals surface area contributed by atoms with Crippen LogP contribution < -0.4 is 5.73 Å². The molecule has 0 aliphatic rings. The number of imidazole rings is 1. The van der Waals surface area contributed by atoms with Crippen molar-refractivity contribution < 1.29 is 0 Å². The Kier molecular flexibility index (Phi) is 2.78. The second kappa shape index (κ2) is 4.09. The molecular formula is C11H17N5.